The molecule has 0 aliphatic heterocycles. The minimum absolute atomic E-state index is 0.0519. The van der Waals surface area contributed by atoms with E-state index in [4.69, 9.17) is 0 Å². The fourth-order valence-corrected chi connectivity index (χ4v) is 4.33. The van der Waals surface area contributed by atoms with Crippen LogP contribution >= 0.6 is 0 Å². The standard InChI is InChI=1S/C17H18OSe/c1-2-9-16(18)17(14-10-5-3-6-11-14)19-15-12-7-4-8-13-15/h3-8,10-13,17H,2,9H2,1H3. The summed E-state index contributed by atoms with van der Waals surface area (Å²) in [4.78, 5) is 12.4. The van der Waals surface area contributed by atoms with Crippen molar-refractivity contribution in [2.24, 2.45) is 0 Å². The molecule has 0 heterocycles. The van der Waals surface area contributed by atoms with Crippen molar-refractivity contribution in [1.29, 1.82) is 0 Å². The van der Waals surface area contributed by atoms with Gasteiger partial charge in [0.1, 0.15) is 0 Å². The van der Waals surface area contributed by atoms with Gasteiger partial charge in [0.15, 0.2) is 0 Å². The van der Waals surface area contributed by atoms with E-state index in [2.05, 4.69) is 31.2 Å². The molecule has 0 aliphatic carbocycles. The summed E-state index contributed by atoms with van der Waals surface area (Å²) in [6, 6.07) is 20.5. The van der Waals surface area contributed by atoms with E-state index in [1.54, 1.807) is 0 Å². The number of carbonyl (C=O) groups excluding carboxylic acids is 1. The number of rotatable bonds is 6. The first-order valence-electron chi connectivity index (χ1n) is 6.60. The van der Waals surface area contributed by atoms with Crippen LogP contribution in [0.4, 0.5) is 0 Å². The quantitative estimate of drug-likeness (QED) is 0.748. The number of Topliss-reactive ketones (excluding diaryl/α,β-unsaturated/α-hetero) is 1. The Kier molecular flexibility index (Phi) is 5.38. The Balaban J connectivity index is 2.22. The summed E-state index contributed by atoms with van der Waals surface area (Å²) in [5, 5.41) is 0. The van der Waals surface area contributed by atoms with Gasteiger partial charge in [-0.1, -0.05) is 0 Å². The monoisotopic (exact) mass is 318 g/mol. The molecule has 0 aliphatic rings. The molecule has 1 atom stereocenters. The van der Waals surface area contributed by atoms with Crippen molar-refractivity contribution in [1.82, 2.24) is 0 Å². The fraction of sp³-hybridized carbons (Fsp3) is 0.235. The van der Waals surface area contributed by atoms with Crippen molar-refractivity contribution < 1.29 is 4.79 Å². The average Bonchev–Trinajstić information content (AvgIpc) is 2.47. The third-order valence-corrected chi connectivity index (χ3v) is 5.65. The van der Waals surface area contributed by atoms with E-state index < -0.39 is 0 Å². The maximum atomic E-state index is 12.4. The van der Waals surface area contributed by atoms with Crippen LogP contribution in [0.3, 0.4) is 0 Å². The molecular formula is C17H18OSe. The van der Waals surface area contributed by atoms with Crippen LogP contribution in [0.25, 0.3) is 0 Å². The zero-order chi connectivity index (χ0) is 13.5. The van der Waals surface area contributed by atoms with Crippen LogP contribution in [-0.4, -0.2) is 20.7 Å². The van der Waals surface area contributed by atoms with Crippen molar-refractivity contribution in [2.45, 2.75) is 24.6 Å². The molecule has 2 aromatic carbocycles. The Morgan fingerprint density at radius 2 is 1.58 bits per heavy atom. The van der Waals surface area contributed by atoms with E-state index in [9.17, 15) is 4.79 Å². The molecule has 0 radical (unpaired) electrons. The molecule has 98 valence electrons. The summed E-state index contributed by atoms with van der Waals surface area (Å²) in [6.07, 6.45) is 1.60. The number of ketones is 1. The summed E-state index contributed by atoms with van der Waals surface area (Å²) >= 11 is 0.162. The van der Waals surface area contributed by atoms with E-state index in [0.717, 1.165) is 12.0 Å². The first kappa shape index (κ1) is 14.0. The van der Waals surface area contributed by atoms with E-state index in [-0.39, 0.29) is 19.8 Å². The molecule has 0 amide bonds. The van der Waals surface area contributed by atoms with Crippen molar-refractivity contribution in [3.63, 3.8) is 0 Å². The van der Waals surface area contributed by atoms with Crippen LogP contribution in [0.1, 0.15) is 30.1 Å². The molecule has 0 saturated carbocycles. The second-order valence-electron chi connectivity index (χ2n) is 4.44. The van der Waals surface area contributed by atoms with Crippen LogP contribution in [0.15, 0.2) is 60.7 Å². The molecule has 1 nitrogen and oxygen atoms in total. The third-order valence-electron chi connectivity index (χ3n) is 2.89. The molecule has 0 bridgehead atoms. The SMILES string of the molecule is CCCC(=O)C([Se]c1ccccc1)c1ccccc1. The average molecular weight is 317 g/mol. The van der Waals surface area contributed by atoms with Gasteiger partial charge in [0.05, 0.1) is 0 Å². The van der Waals surface area contributed by atoms with Crippen molar-refractivity contribution >= 4 is 25.2 Å². The van der Waals surface area contributed by atoms with Gasteiger partial charge >= 0.3 is 121 Å². The van der Waals surface area contributed by atoms with E-state index in [0.29, 0.717) is 12.2 Å². The molecule has 2 heteroatoms. The molecule has 0 aromatic heterocycles. The summed E-state index contributed by atoms with van der Waals surface area (Å²) in [5.41, 5.74) is 1.16. The minimum atomic E-state index is 0.0519. The second-order valence-corrected chi connectivity index (χ2v) is 6.91. The predicted molar refractivity (Wildman–Crippen MR) is 80.9 cm³/mol. The molecule has 2 rings (SSSR count). The molecule has 0 fully saturated rings. The van der Waals surface area contributed by atoms with E-state index >= 15 is 0 Å². The van der Waals surface area contributed by atoms with Crippen molar-refractivity contribution in [2.75, 3.05) is 0 Å². The van der Waals surface area contributed by atoms with Gasteiger partial charge in [-0.25, -0.2) is 0 Å². The number of hydrogen-bond acceptors (Lipinski definition) is 1. The van der Waals surface area contributed by atoms with Gasteiger partial charge in [0.2, 0.25) is 0 Å². The van der Waals surface area contributed by atoms with Crippen molar-refractivity contribution in [3.05, 3.63) is 66.2 Å². The summed E-state index contributed by atoms with van der Waals surface area (Å²) < 4.78 is 1.29. The molecule has 19 heavy (non-hydrogen) atoms. The first-order valence-corrected chi connectivity index (χ1v) is 8.45. The Morgan fingerprint density at radius 1 is 1.00 bits per heavy atom. The summed E-state index contributed by atoms with van der Waals surface area (Å²) in [5.74, 6) is 0.373. The van der Waals surface area contributed by atoms with Gasteiger partial charge in [-0.15, -0.1) is 0 Å². The third kappa shape index (κ3) is 4.05. The van der Waals surface area contributed by atoms with E-state index in [1.807, 2.05) is 36.4 Å². The predicted octanol–water partition coefficient (Wildman–Crippen LogP) is 3.13. The number of benzene rings is 2. The van der Waals surface area contributed by atoms with Gasteiger partial charge in [-0.05, 0) is 0 Å². The van der Waals surface area contributed by atoms with Crippen LogP contribution in [0.2, 0.25) is 0 Å². The van der Waals surface area contributed by atoms with Gasteiger partial charge < -0.3 is 0 Å². The van der Waals surface area contributed by atoms with Crippen LogP contribution in [-0.2, 0) is 4.79 Å². The second kappa shape index (κ2) is 7.28. The van der Waals surface area contributed by atoms with Gasteiger partial charge in [-0.2, -0.15) is 0 Å². The number of hydrogen-bond donors (Lipinski definition) is 0. The van der Waals surface area contributed by atoms with Gasteiger partial charge in [0, 0.05) is 0 Å². The Morgan fingerprint density at radius 3 is 2.16 bits per heavy atom. The van der Waals surface area contributed by atoms with Crippen LogP contribution in [0, 0.1) is 0 Å². The fourth-order valence-electron chi connectivity index (χ4n) is 1.96. The molecule has 0 spiro atoms. The molecular weight excluding hydrogens is 299 g/mol. The van der Waals surface area contributed by atoms with Gasteiger partial charge in [-0.3, -0.25) is 0 Å². The van der Waals surface area contributed by atoms with Gasteiger partial charge in [0.25, 0.3) is 0 Å². The molecule has 2 aromatic rings. The zero-order valence-corrected chi connectivity index (χ0v) is 12.8. The maximum absolute atomic E-state index is 12.4. The zero-order valence-electron chi connectivity index (χ0n) is 11.1. The van der Waals surface area contributed by atoms with Crippen LogP contribution < -0.4 is 4.46 Å². The summed E-state index contributed by atoms with van der Waals surface area (Å²) in [6.45, 7) is 2.06. The summed E-state index contributed by atoms with van der Waals surface area (Å²) in [7, 11) is 0. The number of carbonyl (C=O) groups is 1. The molecule has 0 N–H and O–H groups in total. The Hall–Kier alpha value is -1.37. The Labute approximate surface area is 121 Å². The Bertz CT molecular complexity index is 507. The normalized spacial score (nSPS) is 12.1. The van der Waals surface area contributed by atoms with Crippen LogP contribution in [0.5, 0.6) is 0 Å². The molecule has 0 saturated heterocycles. The van der Waals surface area contributed by atoms with E-state index in [1.165, 1.54) is 4.46 Å². The molecule has 1 unspecified atom stereocenters. The topological polar surface area (TPSA) is 17.1 Å². The van der Waals surface area contributed by atoms with Crippen molar-refractivity contribution in [3.8, 4) is 0 Å². The first-order chi connectivity index (χ1) is 9.31.